The van der Waals surface area contributed by atoms with Crippen molar-refractivity contribution < 1.29 is 14.3 Å². The molecule has 0 bridgehead atoms. The van der Waals surface area contributed by atoms with Crippen molar-refractivity contribution in [2.75, 3.05) is 25.6 Å². The molecule has 0 unspecified atom stereocenters. The molecular weight excluding hydrogens is 296 g/mol. The number of nitrogens with zero attached hydrogens (tertiary/aromatic N) is 3. The Kier molecular flexibility index (Phi) is 4.57. The Bertz CT molecular complexity index is 692. The predicted molar refractivity (Wildman–Crippen MR) is 84.7 cm³/mol. The average Bonchev–Trinajstić information content (AvgIpc) is 2.96. The molecule has 7 heteroatoms. The zero-order valence-electron chi connectivity index (χ0n) is 13.3. The number of hydrogen-bond acceptors (Lipinski definition) is 5. The lowest BCUT2D eigenvalue weighted by Crippen LogP contribution is -2.16. The van der Waals surface area contributed by atoms with Crippen LogP contribution >= 0.6 is 0 Å². The van der Waals surface area contributed by atoms with Crippen molar-refractivity contribution in [3.8, 4) is 5.88 Å². The minimum Gasteiger partial charge on any atom is -0.480 e. The number of rotatable bonds is 4. The normalized spacial score (nSPS) is 17.7. The fraction of sp³-hybridized carbons (Fsp3) is 0.438. The van der Waals surface area contributed by atoms with Crippen molar-refractivity contribution in [1.29, 1.82) is 0 Å². The van der Waals surface area contributed by atoms with Crippen LogP contribution in [0.1, 0.15) is 34.8 Å². The van der Waals surface area contributed by atoms with Gasteiger partial charge in [-0.15, -0.1) is 0 Å². The van der Waals surface area contributed by atoms with E-state index in [0.717, 1.165) is 25.1 Å². The van der Waals surface area contributed by atoms with Crippen molar-refractivity contribution >= 4 is 11.7 Å². The van der Waals surface area contributed by atoms with Gasteiger partial charge in [0.15, 0.2) is 0 Å². The summed E-state index contributed by atoms with van der Waals surface area (Å²) in [6.45, 7) is 1.49. The molecule has 23 heavy (non-hydrogen) atoms. The first kappa shape index (κ1) is 15.5. The van der Waals surface area contributed by atoms with Gasteiger partial charge in [-0.2, -0.15) is 5.10 Å². The lowest BCUT2D eigenvalue weighted by Gasteiger charge is -2.19. The topological polar surface area (TPSA) is 78.3 Å². The van der Waals surface area contributed by atoms with E-state index in [2.05, 4.69) is 15.4 Å². The van der Waals surface area contributed by atoms with Crippen LogP contribution in [0, 0.1) is 0 Å². The highest BCUT2D eigenvalue weighted by Crippen LogP contribution is 2.26. The van der Waals surface area contributed by atoms with Gasteiger partial charge in [0, 0.05) is 31.8 Å². The molecule has 1 atom stereocenters. The van der Waals surface area contributed by atoms with Crippen molar-refractivity contribution in [2.24, 2.45) is 7.05 Å². The second-order valence-electron chi connectivity index (χ2n) is 5.51. The first-order valence-corrected chi connectivity index (χ1v) is 7.61. The fourth-order valence-electron chi connectivity index (χ4n) is 2.69. The summed E-state index contributed by atoms with van der Waals surface area (Å²) >= 11 is 0. The molecule has 1 fully saturated rings. The SMILES string of the molecule is COc1ncccc1C(=O)Nc1cc([C@H]2CCCOC2)nn1C. The summed E-state index contributed by atoms with van der Waals surface area (Å²) in [5, 5.41) is 7.36. The fourth-order valence-corrected chi connectivity index (χ4v) is 2.69. The maximum atomic E-state index is 12.4. The van der Waals surface area contributed by atoms with Crippen LogP contribution in [-0.4, -0.2) is 41.0 Å². The number of nitrogens with one attached hydrogen (secondary N) is 1. The zero-order valence-corrected chi connectivity index (χ0v) is 13.3. The van der Waals surface area contributed by atoms with Gasteiger partial charge in [-0.25, -0.2) is 4.98 Å². The highest BCUT2D eigenvalue weighted by molar-refractivity contribution is 6.05. The second-order valence-corrected chi connectivity index (χ2v) is 5.51. The summed E-state index contributed by atoms with van der Waals surface area (Å²) in [7, 11) is 3.30. The Balaban J connectivity index is 1.77. The number of pyridine rings is 1. The quantitative estimate of drug-likeness (QED) is 0.933. The number of carbonyl (C=O) groups excluding carboxylic acids is 1. The second kappa shape index (κ2) is 6.78. The number of aryl methyl sites for hydroxylation is 1. The Morgan fingerprint density at radius 3 is 3.13 bits per heavy atom. The molecule has 0 saturated carbocycles. The highest BCUT2D eigenvalue weighted by atomic mass is 16.5. The van der Waals surface area contributed by atoms with Gasteiger partial charge in [-0.1, -0.05) is 0 Å². The number of hydrogen-bond donors (Lipinski definition) is 1. The summed E-state index contributed by atoms with van der Waals surface area (Å²) in [6, 6.07) is 5.28. The lowest BCUT2D eigenvalue weighted by molar-refractivity contribution is 0.0791. The predicted octanol–water partition coefficient (Wildman–Crippen LogP) is 1.97. The number of carbonyl (C=O) groups is 1. The summed E-state index contributed by atoms with van der Waals surface area (Å²) in [4.78, 5) is 16.5. The highest BCUT2D eigenvalue weighted by Gasteiger charge is 2.21. The Hall–Kier alpha value is -2.41. The van der Waals surface area contributed by atoms with Crippen molar-refractivity contribution in [2.45, 2.75) is 18.8 Å². The van der Waals surface area contributed by atoms with E-state index in [9.17, 15) is 4.79 Å². The van der Waals surface area contributed by atoms with Gasteiger partial charge in [0.1, 0.15) is 11.4 Å². The smallest absolute Gasteiger partial charge is 0.262 e. The maximum Gasteiger partial charge on any atom is 0.262 e. The van der Waals surface area contributed by atoms with Crippen molar-refractivity contribution in [1.82, 2.24) is 14.8 Å². The zero-order chi connectivity index (χ0) is 16.2. The minimum absolute atomic E-state index is 0.274. The van der Waals surface area contributed by atoms with Gasteiger partial charge in [0.2, 0.25) is 5.88 Å². The van der Waals surface area contributed by atoms with E-state index in [1.807, 2.05) is 13.1 Å². The molecule has 2 aromatic heterocycles. The largest absolute Gasteiger partial charge is 0.480 e. The molecule has 0 spiro atoms. The summed E-state index contributed by atoms with van der Waals surface area (Å²) in [5.74, 6) is 0.951. The van der Waals surface area contributed by atoms with Crippen LogP contribution in [0.15, 0.2) is 24.4 Å². The summed E-state index contributed by atoms with van der Waals surface area (Å²) in [5.41, 5.74) is 1.33. The molecule has 3 rings (SSSR count). The van der Waals surface area contributed by atoms with Gasteiger partial charge >= 0.3 is 0 Å². The minimum atomic E-state index is -0.274. The standard InChI is InChI=1S/C16H20N4O3/c1-20-14(9-13(19-20)11-5-4-8-23-10-11)18-15(21)12-6-3-7-17-16(12)22-2/h3,6-7,9,11H,4-5,8,10H2,1-2H3,(H,18,21)/t11-/m0/s1. The van der Waals surface area contributed by atoms with E-state index in [-0.39, 0.29) is 11.8 Å². The molecule has 1 saturated heterocycles. The van der Waals surface area contributed by atoms with Gasteiger partial charge in [0.25, 0.3) is 5.91 Å². The Morgan fingerprint density at radius 2 is 2.39 bits per heavy atom. The molecule has 1 amide bonds. The average molecular weight is 316 g/mol. The number of anilines is 1. The number of aromatic nitrogens is 3. The molecule has 1 aliphatic rings. The lowest BCUT2D eigenvalue weighted by atomic mass is 9.99. The van der Waals surface area contributed by atoms with Crippen LogP contribution in [0.2, 0.25) is 0 Å². The molecule has 1 aliphatic heterocycles. The van der Waals surface area contributed by atoms with Crippen LogP contribution in [0.5, 0.6) is 5.88 Å². The summed E-state index contributed by atoms with van der Waals surface area (Å²) in [6.07, 6.45) is 3.68. The Morgan fingerprint density at radius 1 is 1.52 bits per heavy atom. The molecular formula is C16H20N4O3. The first-order chi connectivity index (χ1) is 11.2. The molecule has 1 N–H and O–H groups in total. The number of methoxy groups -OCH3 is 1. The van der Waals surface area contributed by atoms with E-state index >= 15 is 0 Å². The van der Waals surface area contributed by atoms with E-state index < -0.39 is 0 Å². The van der Waals surface area contributed by atoms with Gasteiger partial charge in [0.05, 0.1) is 19.4 Å². The first-order valence-electron chi connectivity index (χ1n) is 7.61. The van der Waals surface area contributed by atoms with E-state index in [1.54, 1.807) is 23.0 Å². The van der Waals surface area contributed by atoms with E-state index in [0.29, 0.717) is 23.9 Å². The Labute approximate surface area is 134 Å². The van der Waals surface area contributed by atoms with Gasteiger partial charge < -0.3 is 14.8 Å². The van der Waals surface area contributed by atoms with Crippen LogP contribution < -0.4 is 10.1 Å². The number of ether oxygens (including phenoxy) is 2. The third kappa shape index (κ3) is 3.34. The van der Waals surface area contributed by atoms with E-state index in [4.69, 9.17) is 9.47 Å². The van der Waals surface area contributed by atoms with Gasteiger partial charge in [-0.05, 0) is 25.0 Å². The molecule has 0 aromatic carbocycles. The molecule has 2 aromatic rings. The van der Waals surface area contributed by atoms with E-state index in [1.165, 1.54) is 7.11 Å². The van der Waals surface area contributed by atoms with Crippen LogP contribution in [0.25, 0.3) is 0 Å². The van der Waals surface area contributed by atoms with Crippen LogP contribution in [-0.2, 0) is 11.8 Å². The number of amides is 1. The third-order valence-electron chi connectivity index (χ3n) is 3.93. The summed E-state index contributed by atoms with van der Waals surface area (Å²) < 4.78 is 12.3. The van der Waals surface area contributed by atoms with Crippen LogP contribution in [0.3, 0.4) is 0 Å². The molecule has 122 valence electrons. The van der Waals surface area contributed by atoms with Crippen LogP contribution in [0.4, 0.5) is 5.82 Å². The molecule has 3 heterocycles. The molecule has 0 aliphatic carbocycles. The molecule has 0 radical (unpaired) electrons. The van der Waals surface area contributed by atoms with Crippen molar-refractivity contribution in [3.05, 3.63) is 35.7 Å². The van der Waals surface area contributed by atoms with Crippen molar-refractivity contribution in [3.63, 3.8) is 0 Å². The maximum absolute atomic E-state index is 12.4. The molecule has 7 nitrogen and oxygen atoms in total. The third-order valence-corrected chi connectivity index (χ3v) is 3.93. The van der Waals surface area contributed by atoms with Gasteiger partial charge in [-0.3, -0.25) is 9.48 Å². The monoisotopic (exact) mass is 316 g/mol.